The number of hydrogen-bond donors (Lipinski definition) is 2. The van der Waals surface area contributed by atoms with Crippen molar-refractivity contribution in [2.24, 2.45) is 0 Å². The maximum Gasteiger partial charge on any atom is 0.254 e. The summed E-state index contributed by atoms with van der Waals surface area (Å²) in [5.74, 6) is 0.873. The van der Waals surface area contributed by atoms with Crippen LogP contribution in [-0.2, 0) is 6.54 Å². The van der Waals surface area contributed by atoms with Gasteiger partial charge < -0.3 is 11.1 Å². The fourth-order valence-electron chi connectivity index (χ4n) is 5.12. The van der Waals surface area contributed by atoms with E-state index in [-0.39, 0.29) is 11.9 Å². The molecule has 40 heavy (non-hydrogen) atoms. The minimum Gasteiger partial charge on any atom is -0.383 e. The Morgan fingerprint density at radius 3 is 2.58 bits per heavy atom. The molecule has 0 atom stereocenters. The average molecular weight is 530 g/mol. The molecule has 1 aromatic carbocycles. The first-order valence-corrected chi connectivity index (χ1v) is 13.1. The monoisotopic (exact) mass is 529 g/mol. The van der Waals surface area contributed by atoms with Crippen LogP contribution in [0.1, 0.15) is 34.3 Å². The number of likely N-dealkylation sites (tertiary alicyclic amines) is 1. The lowest BCUT2D eigenvalue weighted by Crippen LogP contribution is -2.44. The van der Waals surface area contributed by atoms with Crippen LogP contribution in [0.4, 0.5) is 5.82 Å². The summed E-state index contributed by atoms with van der Waals surface area (Å²) in [7, 11) is 0. The molecule has 3 N–H and O–H groups in total. The van der Waals surface area contributed by atoms with E-state index in [1.54, 1.807) is 18.5 Å². The number of nitrogens with one attached hydrogen (secondary N) is 1. The zero-order chi connectivity index (χ0) is 27.5. The maximum absolute atomic E-state index is 12.7. The van der Waals surface area contributed by atoms with E-state index in [2.05, 4.69) is 55.5 Å². The highest BCUT2D eigenvalue weighted by atomic mass is 16.1. The number of benzene rings is 1. The van der Waals surface area contributed by atoms with Gasteiger partial charge in [0.05, 0.1) is 16.7 Å². The van der Waals surface area contributed by atoms with Crippen molar-refractivity contribution in [3.63, 3.8) is 0 Å². The third kappa shape index (κ3) is 4.98. The molecule has 1 aliphatic rings. The second kappa shape index (κ2) is 10.9. The van der Waals surface area contributed by atoms with Gasteiger partial charge in [0, 0.05) is 56.2 Å². The van der Waals surface area contributed by atoms with Gasteiger partial charge in [0.25, 0.3) is 5.91 Å². The molecule has 6 rings (SSSR count). The molecule has 1 aliphatic heterocycles. The number of imidazole rings is 1. The Morgan fingerprint density at radius 2 is 1.80 bits per heavy atom. The minimum atomic E-state index is -0.243. The summed E-state index contributed by atoms with van der Waals surface area (Å²) in [5.41, 5.74) is 11.3. The van der Waals surface area contributed by atoms with Gasteiger partial charge in [-0.3, -0.25) is 19.2 Å². The molecule has 1 saturated heterocycles. The van der Waals surface area contributed by atoms with E-state index in [0.29, 0.717) is 22.8 Å². The summed E-state index contributed by atoms with van der Waals surface area (Å²) in [6.45, 7) is 2.55. The van der Waals surface area contributed by atoms with Gasteiger partial charge in [-0.2, -0.15) is 5.26 Å². The van der Waals surface area contributed by atoms with Gasteiger partial charge in [-0.1, -0.05) is 12.1 Å². The van der Waals surface area contributed by atoms with Crippen LogP contribution in [0.2, 0.25) is 0 Å². The molecule has 1 fully saturated rings. The Labute approximate surface area is 231 Å². The predicted octanol–water partition coefficient (Wildman–Crippen LogP) is 3.73. The summed E-state index contributed by atoms with van der Waals surface area (Å²) in [6.07, 6.45) is 8.08. The van der Waals surface area contributed by atoms with Crippen LogP contribution >= 0.6 is 0 Å². The molecule has 5 heterocycles. The number of amides is 1. The van der Waals surface area contributed by atoms with Gasteiger partial charge in [-0.15, -0.1) is 0 Å². The number of pyridine rings is 3. The lowest BCUT2D eigenvalue weighted by molar-refractivity contribution is 0.0908. The van der Waals surface area contributed by atoms with Crippen LogP contribution in [0, 0.1) is 11.3 Å². The van der Waals surface area contributed by atoms with E-state index >= 15 is 0 Å². The number of aromatic nitrogens is 5. The minimum absolute atomic E-state index is 0.0678. The van der Waals surface area contributed by atoms with Crippen LogP contribution in [-0.4, -0.2) is 54.4 Å². The number of nitrogens with two attached hydrogens (primary N) is 1. The molecular formula is C30H27N9O. The van der Waals surface area contributed by atoms with Gasteiger partial charge in [0.1, 0.15) is 17.4 Å². The Morgan fingerprint density at radius 1 is 1.02 bits per heavy atom. The summed E-state index contributed by atoms with van der Waals surface area (Å²) in [5, 5.41) is 12.3. The average Bonchev–Trinajstić information content (AvgIpc) is 3.38. The van der Waals surface area contributed by atoms with Gasteiger partial charge in [0.2, 0.25) is 0 Å². The Kier molecular flexibility index (Phi) is 6.87. The van der Waals surface area contributed by atoms with Crippen molar-refractivity contribution < 1.29 is 4.79 Å². The van der Waals surface area contributed by atoms with Crippen LogP contribution in [0.5, 0.6) is 0 Å². The number of fused-ring (bicyclic) bond motifs is 1. The zero-order valence-corrected chi connectivity index (χ0v) is 21.7. The number of piperidine rings is 1. The van der Waals surface area contributed by atoms with Crippen molar-refractivity contribution in [1.82, 2.24) is 34.7 Å². The number of nitrogen functional groups attached to an aromatic ring is 1. The maximum atomic E-state index is 12.7. The lowest BCUT2D eigenvalue weighted by Gasteiger charge is -2.32. The van der Waals surface area contributed by atoms with Crippen molar-refractivity contribution in [3.05, 3.63) is 96.1 Å². The molecule has 4 aromatic heterocycles. The first kappa shape index (κ1) is 25.2. The van der Waals surface area contributed by atoms with Crippen LogP contribution in [0.15, 0.2) is 79.4 Å². The third-order valence-electron chi connectivity index (χ3n) is 7.21. The quantitative estimate of drug-likeness (QED) is 0.339. The highest BCUT2D eigenvalue weighted by Gasteiger charge is 2.23. The number of anilines is 1. The molecular weight excluding hydrogens is 502 g/mol. The number of carbonyl (C=O) groups excluding carboxylic acids is 1. The summed E-state index contributed by atoms with van der Waals surface area (Å²) in [4.78, 5) is 32.7. The molecule has 0 bridgehead atoms. The molecule has 198 valence electrons. The molecule has 0 spiro atoms. The Hall–Kier alpha value is -5.14. The molecule has 10 nitrogen and oxygen atoms in total. The van der Waals surface area contributed by atoms with Crippen LogP contribution < -0.4 is 11.1 Å². The molecule has 0 unspecified atom stereocenters. The van der Waals surface area contributed by atoms with Gasteiger partial charge in [-0.05, 0) is 60.9 Å². The second-order valence-corrected chi connectivity index (χ2v) is 9.78. The normalized spacial score (nSPS) is 14.2. The molecule has 5 aromatic rings. The lowest BCUT2D eigenvalue weighted by atomic mass is 10.0. The van der Waals surface area contributed by atoms with Crippen molar-refractivity contribution in [2.75, 3.05) is 18.8 Å². The van der Waals surface area contributed by atoms with Gasteiger partial charge in [0.15, 0.2) is 11.5 Å². The second-order valence-electron chi connectivity index (χ2n) is 9.78. The van der Waals surface area contributed by atoms with Gasteiger partial charge >= 0.3 is 0 Å². The van der Waals surface area contributed by atoms with E-state index in [1.165, 1.54) is 18.0 Å². The predicted molar refractivity (Wildman–Crippen MR) is 151 cm³/mol. The van der Waals surface area contributed by atoms with Gasteiger partial charge in [-0.25, -0.2) is 15.0 Å². The number of hydrogen-bond acceptors (Lipinski definition) is 8. The number of carbonyl (C=O) groups is 1. The zero-order valence-electron chi connectivity index (χ0n) is 21.7. The molecule has 0 radical (unpaired) electrons. The smallest absolute Gasteiger partial charge is 0.254 e. The van der Waals surface area contributed by atoms with E-state index in [4.69, 9.17) is 10.7 Å². The Balaban J connectivity index is 1.14. The topological polar surface area (TPSA) is 139 Å². The highest BCUT2D eigenvalue weighted by molar-refractivity contribution is 5.96. The van der Waals surface area contributed by atoms with Crippen molar-refractivity contribution in [1.29, 1.82) is 5.26 Å². The van der Waals surface area contributed by atoms with E-state index in [0.717, 1.165) is 54.9 Å². The molecule has 10 heteroatoms. The summed E-state index contributed by atoms with van der Waals surface area (Å²) >= 11 is 0. The van der Waals surface area contributed by atoms with E-state index < -0.39 is 0 Å². The molecule has 0 aliphatic carbocycles. The largest absolute Gasteiger partial charge is 0.383 e. The third-order valence-corrected chi connectivity index (χ3v) is 7.21. The standard InChI is InChI=1S/C30H27N9O/c31-17-21-9-14-33-18-25(21)30(40)36-22-10-15-38(16-11-22)19-20-5-7-23(8-6-20)39-28(24-3-1-12-34-27(24)32)37-26-4-2-13-35-29(26)39/h1-9,12-14,18,22H,10-11,15-16,19H2,(H2,32,34)(H,36,40). The van der Waals surface area contributed by atoms with Crippen LogP contribution in [0.3, 0.4) is 0 Å². The summed E-state index contributed by atoms with van der Waals surface area (Å²) in [6, 6.07) is 19.7. The Bertz CT molecular complexity index is 1710. The first-order chi connectivity index (χ1) is 19.6. The van der Waals surface area contributed by atoms with Crippen molar-refractivity contribution in [3.8, 4) is 23.1 Å². The van der Waals surface area contributed by atoms with Crippen molar-refractivity contribution >= 4 is 22.9 Å². The SMILES string of the molecule is N#Cc1ccncc1C(=O)NC1CCN(Cc2ccc(-n3c(-c4cccnc4N)nc4cccnc43)cc2)CC1. The van der Waals surface area contributed by atoms with E-state index in [9.17, 15) is 10.1 Å². The fourth-order valence-corrected chi connectivity index (χ4v) is 5.12. The summed E-state index contributed by atoms with van der Waals surface area (Å²) < 4.78 is 2.01. The fraction of sp³-hybridized carbons (Fsp3) is 0.200. The number of nitriles is 1. The first-order valence-electron chi connectivity index (χ1n) is 13.1. The van der Waals surface area contributed by atoms with E-state index in [1.807, 2.05) is 28.8 Å². The highest BCUT2D eigenvalue weighted by Crippen LogP contribution is 2.30. The number of rotatable bonds is 6. The molecule has 1 amide bonds. The number of nitrogens with zero attached hydrogens (tertiary/aromatic N) is 7. The van der Waals surface area contributed by atoms with Crippen molar-refractivity contribution in [2.45, 2.75) is 25.4 Å². The molecule has 0 saturated carbocycles. The van der Waals surface area contributed by atoms with Crippen LogP contribution in [0.25, 0.3) is 28.2 Å².